The van der Waals surface area contributed by atoms with Gasteiger partial charge >= 0.3 is 0 Å². The smallest absolute Gasteiger partial charge is 0.219 e. The molecule has 0 spiro atoms. The van der Waals surface area contributed by atoms with Crippen molar-refractivity contribution >= 4 is 5.91 Å². The summed E-state index contributed by atoms with van der Waals surface area (Å²) in [6, 6.07) is 1.97. The minimum atomic E-state index is -0.413. The predicted molar refractivity (Wildman–Crippen MR) is 74.6 cm³/mol. The van der Waals surface area contributed by atoms with Gasteiger partial charge in [0.25, 0.3) is 0 Å². The first-order valence-corrected chi connectivity index (χ1v) is 6.79. The summed E-state index contributed by atoms with van der Waals surface area (Å²) in [4.78, 5) is 11.2. The number of hydrogen-bond donors (Lipinski definition) is 2. The lowest BCUT2D eigenvalue weighted by Crippen LogP contribution is -2.35. The summed E-state index contributed by atoms with van der Waals surface area (Å²) < 4.78 is 2.11. The Hall–Kier alpha value is -1.29. The van der Waals surface area contributed by atoms with E-state index in [1.807, 2.05) is 26.1 Å². The van der Waals surface area contributed by atoms with Crippen LogP contribution in [0.25, 0.3) is 0 Å². The van der Waals surface area contributed by atoms with E-state index in [0.29, 0.717) is 6.42 Å². The number of nitrogens with two attached hydrogens (primary N) is 1. The standard InChI is InChI=1S/C15H24N2O2/c1-14(2)7-11-10(12(18)8-14)5-6-17(11)15(3,4)9-13(16)19/h5-6,12,18H,7-9H2,1-4H3,(H2,16,19). The second-order valence-corrected chi connectivity index (χ2v) is 7.10. The Labute approximate surface area is 114 Å². The Kier molecular flexibility index (Phi) is 3.25. The first kappa shape index (κ1) is 14.1. The Bertz CT molecular complexity index is 500. The van der Waals surface area contributed by atoms with E-state index in [-0.39, 0.29) is 16.9 Å². The Morgan fingerprint density at radius 1 is 1.58 bits per heavy atom. The van der Waals surface area contributed by atoms with Gasteiger partial charge in [0, 0.05) is 29.4 Å². The number of carbonyl (C=O) groups is 1. The molecule has 1 atom stereocenters. The van der Waals surface area contributed by atoms with Crippen LogP contribution < -0.4 is 5.73 Å². The van der Waals surface area contributed by atoms with Crippen molar-refractivity contribution in [2.24, 2.45) is 11.1 Å². The minimum absolute atomic E-state index is 0.0747. The summed E-state index contributed by atoms with van der Waals surface area (Å²) in [6.07, 6.45) is 3.54. The average molecular weight is 264 g/mol. The molecule has 3 N–H and O–H groups in total. The van der Waals surface area contributed by atoms with Crippen LogP contribution in [0.4, 0.5) is 0 Å². The summed E-state index contributed by atoms with van der Waals surface area (Å²) in [6.45, 7) is 8.34. The van der Waals surface area contributed by atoms with Crippen LogP contribution in [0.3, 0.4) is 0 Å². The molecule has 1 amide bonds. The summed E-state index contributed by atoms with van der Waals surface area (Å²) in [7, 11) is 0. The van der Waals surface area contributed by atoms with Crippen LogP contribution in [0, 0.1) is 5.41 Å². The SMILES string of the molecule is CC1(C)Cc2c(ccn2C(C)(C)CC(N)=O)C(O)C1. The van der Waals surface area contributed by atoms with E-state index < -0.39 is 6.10 Å². The van der Waals surface area contributed by atoms with Crippen LogP contribution in [0.5, 0.6) is 0 Å². The van der Waals surface area contributed by atoms with Gasteiger partial charge in [-0.15, -0.1) is 0 Å². The highest BCUT2D eigenvalue weighted by atomic mass is 16.3. The predicted octanol–water partition coefficient (Wildman–Crippen LogP) is 2.10. The van der Waals surface area contributed by atoms with Crippen molar-refractivity contribution in [3.05, 3.63) is 23.5 Å². The lowest BCUT2D eigenvalue weighted by Gasteiger charge is -2.37. The molecule has 0 fully saturated rings. The molecule has 2 rings (SSSR count). The minimum Gasteiger partial charge on any atom is -0.388 e. The maximum Gasteiger partial charge on any atom is 0.219 e. The number of carbonyl (C=O) groups excluding carboxylic acids is 1. The van der Waals surface area contributed by atoms with E-state index in [0.717, 1.165) is 24.1 Å². The summed E-state index contributed by atoms with van der Waals surface area (Å²) in [5.74, 6) is -0.303. The molecule has 1 unspecified atom stereocenters. The van der Waals surface area contributed by atoms with Crippen molar-refractivity contribution in [1.82, 2.24) is 4.57 Å². The van der Waals surface area contributed by atoms with Crippen LogP contribution in [0.15, 0.2) is 12.3 Å². The molecule has 4 nitrogen and oxygen atoms in total. The maximum absolute atomic E-state index is 11.2. The lowest BCUT2D eigenvalue weighted by molar-refractivity contribution is -0.119. The number of nitrogens with zero attached hydrogens (tertiary/aromatic N) is 1. The van der Waals surface area contributed by atoms with Gasteiger partial charge in [-0.3, -0.25) is 4.79 Å². The van der Waals surface area contributed by atoms with Gasteiger partial charge in [0.05, 0.1) is 6.10 Å². The largest absolute Gasteiger partial charge is 0.388 e. The van der Waals surface area contributed by atoms with Crippen LogP contribution in [-0.2, 0) is 16.8 Å². The Balaban J connectivity index is 2.43. The molecular weight excluding hydrogens is 240 g/mol. The topological polar surface area (TPSA) is 68.2 Å². The van der Waals surface area contributed by atoms with E-state index in [9.17, 15) is 9.90 Å². The number of fused-ring (bicyclic) bond motifs is 1. The van der Waals surface area contributed by atoms with Crippen LogP contribution in [0.1, 0.15) is 57.9 Å². The summed E-state index contributed by atoms with van der Waals surface area (Å²) >= 11 is 0. The number of hydrogen-bond acceptors (Lipinski definition) is 2. The van der Waals surface area contributed by atoms with Gasteiger partial charge in [-0.2, -0.15) is 0 Å². The van der Waals surface area contributed by atoms with Crippen LogP contribution in [-0.4, -0.2) is 15.6 Å². The molecule has 0 aromatic carbocycles. The molecule has 19 heavy (non-hydrogen) atoms. The van der Waals surface area contributed by atoms with Crippen molar-refractivity contribution < 1.29 is 9.90 Å². The molecule has 0 bridgehead atoms. The van der Waals surface area contributed by atoms with Crippen LogP contribution >= 0.6 is 0 Å². The number of amides is 1. The molecule has 0 saturated carbocycles. The Morgan fingerprint density at radius 2 is 2.21 bits per heavy atom. The molecule has 1 aliphatic carbocycles. The van der Waals surface area contributed by atoms with Crippen molar-refractivity contribution in [1.29, 1.82) is 0 Å². The third-order valence-electron chi connectivity index (χ3n) is 4.04. The molecule has 1 heterocycles. The molecule has 4 heteroatoms. The zero-order valence-electron chi connectivity index (χ0n) is 12.2. The first-order valence-electron chi connectivity index (χ1n) is 6.79. The van der Waals surface area contributed by atoms with Crippen molar-refractivity contribution in [2.45, 2.75) is 58.6 Å². The third-order valence-corrected chi connectivity index (χ3v) is 4.04. The lowest BCUT2D eigenvalue weighted by atomic mass is 9.75. The molecule has 0 radical (unpaired) electrons. The van der Waals surface area contributed by atoms with Gasteiger partial charge in [-0.25, -0.2) is 0 Å². The molecule has 0 saturated heterocycles. The number of primary amides is 1. The van der Waals surface area contributed by atoms with Gasteiger partial charge in [0.15, 0.2) is 0 Å². The average Bonchev–Trinajstić information content (AvgIpc) is 2.57. The van der Waals surface area contributed by atoms with Gasteiger partial charge in [0.1, 0.15) is 0 Å². The van der Waals surface area contributed by atoms with Gasteiger partial charge in [-0.1, -0.05) is 13.8 Å². The molecule has 1 aromatic rings. The summed E-state index contributed by atoms with van der Waals surface area (Å²) in [5, 5.41) is 10.3. The molecular formula is C15H24N2O2. The second-order valence-electron chi connectivity index (χ2n) is 7.10. The normalized spacial score (nSPS) is 22.1. The number of aliphatic hydroxyl groups excluding tert-OH is 1. The highest BCUT2D eigenvalue weighted by Crippen LogP contribution is 2.42. The van der Waals surface area contributed by atoms with E-state index in [2.05, 4.69) is 18.4 Å². The fourth-order valence-corrected chi connectivity index (χ4v) is 3.21. The van der Waals surface area contributed by atoms with Gasteiger partial charge < -0.3 is 15.4 Å². The number of aromatic nitrogens is 1. The molecule has 1 aliphatic rings. The van der Waals surface area contributed by atoms with Gasteiger partial charge in [0.2, 0.25) is 5.91 Å². The van der Waals surface area contributed by atoms with Gasteiger partial charge in [-0.05, 0) is 38.2 Å². The van der Waals surface area contributed by atoms with E-state index in [1.54, 1.807) is 0 Å². The van der Waals surface area contributed by atoms with E-state index in [4.69, 9.17) is 5.73 Å². The van der Waals surface area contributed by atoms with E-state index >= 15 is 0 Å². The second kappa shape index (κ2) is 4.37. The fraction of sp³-hybridized carbons (Fsp3) is 0.667. The molecule has 1 aromatic heterocycles. The van der Waals surface area contributed by atoms with Crippen molar-refractivity contribution in [2.75, 3.05) is 0 Å². The first-order chi connectivity index (χ1) is 8.62. The van der Waals surface area contributed by atoms with Crippen molar-refractivity contribution in [3.8, 4) is 0 Å². The van der Waals surface area contributed by atoms with Crippen molar-refractivity contribution in [3.63, 3.8) is 0 Å². The van der Waals surface area contributed by atoms with Crippen LogP contribution in [0.2, 0.25) is 0 Å². The van der Waals surface area contributed by atoms with E-state index in [1.165, 1.54) is 0 Å². The molecule has 0 aliphatic heterocycles. The zero-order chi connectivity index (χ0) is 14.4. The monoisotopic (exact) mass is 264 g/mol. The third kappa shape index (κ3) is 2.68. The summed E-state index contributed by atoms with van der Waals surface area (Å²) in [5.41, 5.74) is 7.19. The molecule has 106 valence electrons. The number of rotatable bonds is 3. The number of aliphatic hydroxyl groups is 1. The highest BCUT2D eigenvalue weighted by molar-refractivity contribution is 5.74. The maximum atomic E-state index is 11.2. The Morgan fingerprint density at radius 3 is 2.79 bits per heavy atom. The zero-order valence-corrected chi connectivity index (χ0v) is 12.2. The fourth-order valence-electron chi connectivity index (χ4n) is 3.21. The quantitative estimate of drug-likeness (QED) is 0.878. The highest BCUT2D eigenvalue weighted by Gasteiger charge is 2.36.